The van der Waals surface area contributed by atoms with Crippen molar-refractivity contribution in [3.63, 3.8) is 0 Å². The third kappa shape index (κ3) is 1.98. The van der Waals surface area contributed by atoms with E-state index in [4.69, 9.17) is 0 Å². The van der Waals surface area contributed by atoms with Crippen molar-refractivity contribution in [2.24, 2.45) is 0 Å². The minimum Gasteiger partial charge on any atom is -0.478 e. The quantitative estimate of drug-likeness (QED) is 0.890. The number of pyridine rings is 1. The summed E-state index contributed by atoms with van der Waals surface area (Å²) >= 11 is 0. The molecule has 0 amide bonds. The molecule has 1 aromatic heterocycles. The number of rotatable bonds is 3. The van der Waals surface area contributed by atoms with Crippen molar-refractivity contribution in [1.82, 2.24) is 4.98 Å². The molecule has 2 aliphatic rings. The molecular formula is C18H18N2O2. The number of carboxylic acids is 1. The fraction of sp³-hybridized carbons (Fsp3) is 0.333. The van der Waals surface area contributed by atoms with E-state index < -0.39 is 5.97 Å². The Kier molecular flexibility index (Phi) is 2.93. The fourth-order valence-electron chi connectivity index (χ4n) is 4.03. The normalized spacial score (nSPS) is 21.7. The third-order valence-electron chi connectivity index (χ3n) is 4.92. The molecule has 0 saturated heterocycles. The highest BCUT2D eigenvalue weighted by Gasteiger charge is 2.41. The summed E-state index contributed by atoms with van der Waals surface area (Å²) in [6.07, 6.45) is 4.83. The molecule has 0 spiro atoms. The third-order valence-corrected chi connectivity index (χ3v) is 4.92. The number of aromatic nitrogens is 1. The van der Waals surface area contributed by atoms with Gasteiger partial charge in [0.25, 0.3) is 0 Å². The molecule has 4 rings (SSSR count). The van der Waals surface area contributed by atoms with Gasteiger partial charge in [-0.3, -0.25) is 0 Å². The lowest BCUT2D eigenvalue weighted by Gasteiger charge is -2.20. The van der Waals surface area contributed by atoms with Gasteiger partial charge < -0.3 is 10.4 Å². The first-order valence-electron chi connectivity index (χ1n) is 7.73. The van der Waals surface area contributed by atoms with E-state index in [1.54, 1.807) is 0 Å². The molecule has 2 atom stereocenters. The summed E-state index contributed by atoms with van der Waals surface area (Å²) in [6.45, 7) is 2.05. The van der Waals surface area contributed by atoms with E-state index in [2.05, 4.69) is 29.4 Å². The number of nitrogens with zero attached hydrogens (tertiary/aromatic N) is 1. The standard InChI is InChI=1S/C18H18N2O2/c1-10-3-2-4-13(7-10)20-17-16-12-6-5-11(8-12)15(16)14(9-19-17)18(21)22/h2-4,7,9,11-12H,5-6,8H2,1H3,(H,19,20)(H,21,22). The first-order chi connectivity index (χ1) is 10.6. The van der Waals surface area contributed by atoms with Crippen LogP contribution in [-0.2, 0) is 0 Å². The zero-order chi connectivity index (χ0) is 15.3. The molecule has 112 valence electrons. The lowest BCUT2D eigenvalue weighted by Crippen LogP contribution is -2.11. The topological polar surface area (TPSA) is 62.2 Å². The highest BCUT2D eigenvalue weighted by atomic mass is 16.4. The van der Waals surface area contributed by atoms with Crippen molar-refractivity contribution < 1.29 is 9.90 Å². The van der Waals surface area contributed by atoms with Crippen molar-refractivity contribution in [3.8, 4) is 0 Å². The van der Waals surface area contributed by atoms with Gasteiger partial charge >= 0.3 is 5.97 Å². The lowest BCUT2D eigenvalue weighted by molar-refractivity contribution is 0.0694. The molecule has 2 aromatic rings. The van der Waals surface area contributed by atoms with Gasteiger partial charge in [-0.25, -0.2) is 9.78 Å². The van der Waals surface area contributed by atoms with Gasteiger partial charge in [0.15, 0.2) is 0 Å². The van der Waals surface area contributed by atoms with Crippen molar-refractivity contribution >= 4 is 17.5 Å². The number of carbonyl (C=O) groups is 1. The minimum absolute atomic E-state index is 0.386. The average molecular weight is 294 g/mol. The summed E-state index contributed by atoms with van der Waals surface area (Å²) in [5, 5.41) is 12.8. The molecule has 0 radical (unpaired) electrons. The molecule has 1 aromatic carbocycles. The zero-order valence-corrected chi connectivity index (χ0v) is 12.5. The van der Waals surface area contributed by atoms with Gasteiger partial charge in [0.1, 0.15) is 5.82 Å². The molecule has 1 saturated carbocycles. The molecule has 2 bridgehead atoms. The van der Waals surface area contributed by atoms with Crippen LogP contribution in [0, 0.1) is 6.92 Å². The highest BCUT2D eigenvalue weighted by Crippen LogP contribution is 2.56. The second kappa shape index (κ2) is 4.83. The fourth-order valence-corrected chi connectivity index (χ4v) is 4.03. The molecular weight excluding hydrogens is 276 g/mol. The van der Waals surface area contributed by atoms with Gasteiger partial charge in [0, 0.05) is 17.4 Å². The molecule has 1 fully saturated rings. The van der Waals surface area contributed by atoms with Crippen LogP contribution >= 0.6 is 0 Å². The maximum absolute atomic E-state index is 11.5. The van der Waals surface area contributed by atoms with E-state index >= 15 is 0 Å². The monoisotopic (exact) mass is 294 g/mol. The molecule has 2 unspecified atom stereocenters. The number of carboxylic acid groups (broad SMARTS) is 1. The Labute approximate surface area is 129 Å². The van der Waals surface area contributed by atoms with Gasteiger partial charge in [0.2, 0.25) is 0 Å². The van der Waals surface area contributed by atoms with Crippen LogP contribution in [0.5, 0.6) is 0 Å². The Hall–Kier alpha value is -2.36. The van der Waals surface area contributed by atoms with Crippen LogP contribution in [0.4, 0.5) is 11.5 Å². The summed E-state index contributed by atoms with van der Waals surface area (Å²) < 4.78 is 0. The van der Waals surface area contributed by atoms with E-state index in [-0.39, 0.29) is 0 Å². The number of fused-ring (bicyclic) bond motifs is 5. The first kappa shape index (κ1) is 13.3. The smallest absolute Gasteiger partial charge is 0.337 e. The van der Waals surface area contributed by atoms with Crippen molar-refractivity contribution in [2.45, 2.75) is 38.0 Å². The summed E-state index contributed by atoms with van der Waals surface area (Å²) in [7, 11) is 0. The van der Waals surface area contributed by atoms with Crippen LogP contribution < -0.4 is 5.32 Å². The number of aryl methyl sites for hydroxylation is 1. The molecule has 2 N–H and O–H groups in total. The number of nitrogens with one attached hydrogen (secondary N) is 1. The summed E-state index contributed by atoms with van der Waals surface area (Å²) in [5.41, 5.74) is 4.73. The lowest BCUT2D eigenvalue weighted by atomic mass is 9.89. The molecule has 0 aliphatic heterocycles. The molecule has 2 aliphatic carbocycles. The number of aromatic carboxylic acids is 1. The first-order valence-corrected chi connectivity index (χ1v) is 7.73. The number of benzene rings is 1. The summed E-state index contributed by atoms with van der Waals surface area (Å²) in [4.78, 5) is 15.9. The molecule has 1 heterocycles. The van der Waals surface area contributed by atoms with Crippen LogP contribution in [0.1, 0.15) is 58.1 Å². The number of hydrogen-bond donors (Lipinski definition) is 2. The highest BCUT2D eigenvalue weighted by molar-refractivity contribution is 5.91. The average Bonchev–Trinajstić information content (AvgIpc) is 3.09. The van der Waals surface area contributed by atoms with Crippen LogP contribution in [0.2, 0.25) is 0 Å². The Balaban J connectivity index is 1.80. The van der Waals surface area contributed by atoms with E-state index in [1.165, 1.54) is 11.8 Å². The van der Waals surface area contributed by atoms with Crippen LogP contribution in [-0.4, -0.2) is 16.1 Å². The van der Waals surface area contributed by atoms with Crippen molar-refractivity contribution in [1.29, 1.82) is 0 Å². The Bertz CT molecular complexity index is 770. The summed E-state index contributed by atoms with van der Waals surface area (Å²) in [6, 6.07) is 8.15. The predicted octanol–water partition coefficient (Wildman–Crippen LogP) is 4.20. The second-order valence-corrected chi connectivity index (χ2v) is 6.35. The van der Waals surface area contributed by atoms with E-state index in [9.17, 15) is 9.90 Å². The van der Waals surface area contributed by atoms with Crippen molar-refractivity contribution in [3.05, 3.63) is 52.7 Å². The Morgan fingerprint density at radius 3 is 2.77 bits per heavy atom. The second-order valence-electron chi connectivity index (χ2n) is 6.35. The zero-order valence-electron chi connectivity index (χ0n) is 12.5. The van der Waals surface area contributed by atoms with Gasteiger partial charge in [-0.1, -0.05) is 12.1 Å². The van der Waals surface area contributed by atoms with Gasteiger partial charge in [0.05, 0.1) is 5.56 Å². The van der Waals surface area contributed by atoms with Crippen LogP contribution in [0.3, 0.4) is 0 Å². The summed E-state index contributed by atoms with van der Waals surface area (Å²) in [5.74, 6) is 0.822. The van der Waals surface area contributed by atoms with Crippen LogP contribution in [0.25, 0.3) is 0 Å². The Morgan fingerprint density at radius 2 is 2.05 bits per heavy atom. The van der Waals surface area contributed by atoms with E-state index in [0.717, 1.165) is 41.9 Å². The maximum atomic E-state index is 11.5. The number of hydrogen-bond acceptors (Lipinski definition) is 3. The van der Waals surface area contributed by atoms with Gasteiger partial charge in [-0.05, 0) is 61.3 Å². The number of anilines is 2. The van der Waals surface area contributed by atoms with Gasteiger partial charge in [-0.15, -0.1) is 0 Å². The van der Waals surface area contributed by atoms with Gasteiger partial charge in [-0.2, -0.15) is 0 Å². The predicted molar refractivity (Wildman–Crippen MR) is 85.0 cm³/mol. The SMILES string of the molecule is Cc1cccc(Nc2ncc(C(=O)O)c3c2C2CCC3C2)c1. The largest absolute Gasteiger partial charge is 0.478 e. The molecule has 4 nitrogen and oxygen atoms in total. The van der Waals surface area contributed by atoms with Crippen molar-refractivity contribution in [2.75, 3.05) is 5.32 Å². The Morgan fingerprint density at radius 1 is 1.27 bits per heavy atom. The minimum atomic E-state index is -0.863. The van der Waals surface area contributed by atoms with E-state index in [1.807, 2.05) is 12.1 Å². The molecule has 22 heavy (non-hydrogen) atoms. The maximum Gasteiger partial charge on any atom is 0.337 e. The van der Waals surface area contributed by atoms with E-state index in [0.29, 0.717) is 17.4 Å². The molecule has 4 heteroatoms. The van der Waals surface area contributed by atoms with Crippen LogP contribution in [0.15, 0.2) is 30.5 Å².